The van der Waals surface area contributed by atoms with Crippen LogP contribution < -0.4 is 4.74 Å². The molecule has 0 aromatic heterocycles. The molecule has 22 heavy (non-hydrogen) atoms. The van der Waals surface area contributed by atoms with E-state index in [1.807, 2.05) is 30.3 Å². The van der Waals surface area contributed by atoms with Crippen molar-refractivity contribution in [3.63, 3.8) is 0 Å². The van der Waals surface area contributed by atoms with Gasteiger partial charge in [-0.15, -0.1) is 0 Å². The molecule has 0 aliphatic heterocycles. The second-order valence-electron chi connectivity index (χ2n) is 4.91. The zero-order chi connectivity index (χ0) is 15.9. The molecule has 0 fully saturated rings. The Balaban J connectivity index is 2.35. The third-order valence-corrected chi connectivity index (χ3v) is 2.89. The maximum absolute atomic E-state index is 11.4. The number of carbonyl (C=O) groups is 2. The molecule has 3 heteroatoms. The van der Waals surface area contributed by atoms with E-state index in [-0.39, 0.29) is 12.2 Å². The van der Waals surface area contributed by atoms with Gasteiger partial charge in [0.2, 0.25) is 0 Å². The average Bonchev–Trinajstić information content (AvgIpc) is 2.46. The molecule has 0 radical (unpaired) electrons. The van der Waals surface area contributed by atoms with Crippen molar-refractivity contribution in [2.75, 3.05) is 0 Å². The van der Waals surface area contributed by atoms with Gasteiger partial charge in [-0.1, -0.05) is 30.0 Å². The van der Waals surface area contributed by atoms with Gasteiger partial charge in [0.1, 0.15) is 11.5 Å². The summed E-state index contributed by atoms with van der Waals surface area (Å²) in [5.41, 5.74) is 2.42. The van der Waals surface area contributed by atoms with E-state index >= 15 is 0 Å². The summed E-state index contributed by atoms with van der Waals surface area (Å²) >= 11 is 0. The van der Waals surface area contributed by atoms with Gasteiger partial charge in [-0.3, -0.25) is 9.59 Å². The second kappa shape index (κ2) is 7.24. The van der Waals surface area contributed by atoms with E-state index in [9.17, 15) is 9.59 Å². The first-order valence-electron chi connectivity index (χ1n) is 6.92. The number of Topliss-reactive ketones (excluding diaryl/α,β-unsaturated/α-hetero) is 1. The minimum absolute atomic E-state index is 0.0303. The number of esters is 1. The van der Waals surface area contributed by atoms with Gasteiger partial charge >= 0.3 is 5.97 Å². The fourth-order valence-electron chi connectivity index (χ4n) is 2.00. The highest BCUT2D eigenvalue weighted by molar-refractivity contribution is 5.79. The molecule has 0 spiro atoms. The zero-order valence-electron chi connectivity index (χ0n) is 12.6. The molecule has 0 bridgehead atoms. The predicted octanol–water partition coefficient (Wildman–Crippen LogP) is 3.14. The van der Waals surface area contributed by atoms with Gasteiger partial charge in [-0.25, -0.2) is 0 Å². The molecular formula is C19H16O3. The van der Waals surface area contributed by atoms with E-state index in [2.05, 4.69) is 11.8 Å². The monoisotopic (exact) mass is 292 g/mol. The minimum Gasteiger partial charge on any atom is -0.427 e. The van der Waals surface area contributed by atoms with Crippen molar-refractivity contribution in [1.82, 2.24) is 0 Å². The summed E-state index contributed by atoms with van der Waals surface area (Å²) in [6.45, 7) is 2.86. The highest BCUT2D eigenvalue weighted by Gasteiger charge is 2.07. The molecule has 0 amide bonds. The normalized spacial score (nSPS) is 9.55. The third-order valence-electron chi connectivity index (χ3n) is 2.89. The molecule has 3 nitrogen and oxygen atoms in total. The fourth-order valence-corrected chi connectivity index (χ4v) is 2.00. The Bertz CT molecular complexity index is 749. The van der Waals surface area contributed by atoms with Gasteiger partial charge in [0.05, 0.1) is 0 Å². The van der Waals surface area contributed by atoms with Gasteiger partial charge in [0, 0.05) is 24.5 Å². The van der Waals surface area contributed by atoms with Crippen molar-refractivity contribution in [3.8, 4) is 17.6 Å². The van der Waals surface area contributed by atoms with Crippen LogP contribution in [-0.2, 0) is 16.0 Å². The van der Waals surface area contributed by atoms with Crippen molar-refractivity contribution in [3.05, 3.63) is 65.2 Å². The first kappa shape index (κ1) is 15.5. The first-order chi connectivity index (χ1) is 10.5. The Kier molecular flexibility index (Phi) is 5.11. The summed E-state index contributed by atoms with van der Waals surface area (Å²) in [7, 11) is 0. The summed E-state index contributed by atoms with van der Waals surface area (Å²) in [4.78, 5) is 22.4. The van der Waals surface area contributed by atoms with E-state index in [1.165, 1.54) is 13.8 Å². The Morgan fingerprint density at radius 2 is 1.73 bits per heavy atom. The molecule has 2 aromatic carbocycles. The summed E-state index contributed by atoms with van der Waals surface area (Å²) in [5, 5.41) is 0. The van der Waals surface area contributed by atoms with Crippen LogP contribution in [-0.4, -0.2) is 11.8 Å². The standard InChI is InChI=1S/C19H16O3/c1-14(20)12-18-13-19(22-15(2)21)11-10-17(18)9-8-16-6-4-3-5-7-16/h3-7,10-11,13H,12H2,1-2H3. The van der Waals surface area contributed by atoms with Crippen molar-refractivity contribution in [2.45, 2.75) is 20.3 Å². The minimum atomic E-state index is -0.392. The third kappa shape index (κ3) is 4.60. The SMILES string of the molecule is CC(=O)Cc1cc(OC(C)=O)ccc1C#Cc1ccccc1. The quantitative estimate of drug-likeness (QED) is 0.496. The molecule has 0 atom stereocenters. The lowest BCUT2D eigenvalue weighted by atomic mass is 10.0. The molecule has 110 valence electrons. The number of rotatable bonds is 3. The maximum Gasteiger partial charge on any atom is 0.308 e. The van der Waals surface area contributed by atoms with Gasteiger partial charge in [0.25, 0.3) is 0 Å². The van der Waals surface area contributed by atoms with Crippen LogP contribution in [0.5, 0.6) is 5.75 Å². The molecule has 0 aliphatic rings. The summed E-state index contributed by atoms with van der Waals surface area (Å²) < 4.78 is 5.06. The van der Waals surface area contributed by atoms with E-state index in [4.69, 9.17) is 4.74 Å². The summed E-state index contributed by atoms with van der Waals surface area (Å²) in [5.74, 6) is 6.20. The number of ether oxygens (including phenoxy) is 1. The highest BCUT2D eigenvalue weighted by atomic mass is 16.5. The Morgan fingerprint density at radius 1 is 1.00 bits per heavy atom. The average molecular weight is 292 g/mol. The van der Waals surface area contributed by atoms with Crippen LogP contribution in [0.2, 0.25) is 0 Å². The Labute approximate surface area is 129 Å². The van der Waals surface area contributed by atoms with Crippen LogP contribution in [0.1, 0.15) is 30.5 Å². The molecule has 0 unspecified atom stereocenters. The van der Waals surface area contributed by atoms with Crippen molar-refractivity contribution < 1.29 is 14.3 Å². The largest absolute Gasteiger partial charge is 0.427 e. The second-order valence-corrected chi connectivity index (χ2v) is 4.91. The van der Waals surface area contributed by atoms with E-state index in [1.54, 1.807) is 18.2 Å². The van der Waals surface area contributed by atoms with E-state index < -0.39 is 5.97 Å². The summed E-state index contributed by atoms with van der Waals surface area (Å²) in [6.07, 6.45) is 0.258. The lowest BCUT2D eigenvalue weighted by Gasteiger charge is -2.06. The highest BCUT2D eigenvalue weighted by Crippen LogP contribution is 2.19. The molecule has 2 aromatic rings. The number of hydrogen-bond donors (Lipinski definition) is 0. The van der Waals surface area contributed by atoms with Gasteiger partial charge in [-0.2, -0.15) is 0 Å². The molecule has 0 heterocycles. The van der Waals surface area contributed by atoms with Gasteiger partial charge in [0.15, 0.2) is 0 Å². The Hall–Kier alpha value is -2.86. The lowest BCUT2D eigenvalue weighted by molar-refractivity contribution is -0.131. The van der Waals surface area contributed by atoms with E-state index in [0.29, 0.717) is 5.75 Å². The smallest absolute Gasteiger partial charge is 0.308 e. The lowest BCUT2D eigenvalue weighted by Crippen LogP contribution is -2.04. The van der Waals surface area contributed by atoms with Gasteiger partial charge in [-0.05, 0) is 42.8 Å². The number of carbonyl (C=O) groups excluding carboxylic acids is 2. The number of benzene rings is 2. The van der Waals surface area contributed by atoms with Crippen LogP contribution in [0.15, 0.2) is 48.5 Å². The van der Waals surface area contributed by atoms with Crippen LogP contribution in [0.25, 0.3) is 0 Å². The molecule has 0 N–H and O–H groups in total. The van der Waals surface area contributed by atoms with Gasteiger partial charge < -0.3 is 4.74 Å². The van der Waals surface area contributed by atoms with E-state index in [0.717, 1.165) is 16.7 Å². The van der Waals surface area contributed by atoms with Crippen molar-refractivity contribution in [1.29, 1.82) is 0 Å². The number of hydrogen-bond acceptors (Lipinski definition) is 3. The topological polar surface area (TPSA) is 43.4 Å². The van der Waals surface area contributed by atoms with Crippen molar-refractivity contribution in [2.24, 2.45) is 0 Å². The molecular weight excluding hydrogens is 276 g/mol. The van der Waals surface area contributed by atoms with Crippen molar-refractivity contribution >= 4 is 11.8 Å². The Morgan fingerprint density at radius 3 is 2.36 bits per heavy atom. The molecule has 0 saturated carbocycles. The van der Waals surface area contributed by atoms with Crippen LogP contribution in [0.3, 0.4) is 0 Å². The molecule has 0 saturated heterocycles. The fraction of sp³-hybridized carbons (Fsp3) is 0.158. The molecule has 2 rings (SSSR count). The number of ketones is 1. The van der Waals surface area contributed by atoms with Crippen LogP contribution >= 0.6 is 0 Å². The maximum atomic E-state index is 11.4. The molecule has 0 aliphatic carbocycles. The summed E-state index contributed by atoms with van der Waals surface area (Å²) in [6, 6.07) is 14.8. The first-order valence-corrected chi connectivity index (χ1v) is 6.92. The van der Waals surface area contributed by atoms with Crippen LogP contribution in [0.4, 0.5) is 0 Å². The predicted molar refractivity (Wildman–Crippen MR) is 84.6 cm³/mol. The van der Waals surface area contributed by atoms with Crippen LogP contribution in [0, 0.1) is 11.8 Å². The zero-order valence-corrected chi connectivity index (χ0v) is 12.6.